The molecule has 0 fully saturated rings. The lowest BCUT2D eigenvalue weighted by atomic mass is 9.83. The molecule has 0 amide bonds. The molecule has 0 spiro atoms. The quantitative estimate of drug-likeness (QED) is 0.0778. The molecular formula is C38H64O6. The maximum atomic E-state index is 12.7. The van der Waals surface area contributed by atoms with Gasteiger partial charge in [-0.2, -0.15) is 0 Å². The Labute approximate surface area is 269 Å². The summed E-state index contributed by atoms with van der Waals surface area (Å²) in [5, 5.41) is 0. The molecular weight excluding hydrogens is 552 g/mol. The van der Waals surface area contributed by atoms with Gasteiger partial charge in [0.2, 0.25) is 0 Å². The minimum Gasteiger partial charge on any atom is -0.487 e. The number of ether oxygens (including phenoxy) is 4. The van der Waals surface area contributed by atoms with E-state index >= 15 is 0 Å². The Hall–Kier alpha value is -2.08. The Balaban J connectivity index is 1.83. The van der Waals surface area contributed by atoms with Gasteiger partial charge < -0.3 is 18.9 Å². The Kier molecular flexibility index (Phi) is 16.8. The molecule has 3 unspecified atom stereocenters. The number of fused-ring (bicyclic) bond motifs is 1. The molecule has 6 nitrogen and oxygen atoms in total. The van der Waals surface area contributed by atoms with E-state index in [9.17, 15) is 9.59 Å². The highest BCUT2D eigenvalue weighted by Crippen LogP contribution is 2.45. The number of hydrogen-bond donors (Lipinski definition) is 0. The van der Waals surface area contributed by atoms with Crippen LogP contribution in [0.15, 0.2) is 0 Å². The SMILES string of the molecule is CCCOCCOC(=O)CCC(=O)Oc1c(C)c(C)c2c(c1C)CCC(C)(CCCC(C)CCCC(C)CCCC(C)C)O2. The number of esters is 2. The molecule has 1 aliphatic rings. The predicted octanol–water partition coefficient (Wildman–Crippen LogP) is 9.79. The van der Waals surface area contributed by atoms with Crippen molar-refractivity contribution >= 4 is 11.9 Å². The zero-order chi connectivity index (χ0) is 32.7. The van der Waals surface area contributed by atoms with Gasteiger partial charge in [0.1, 0.15) is 23.7 Å². The van der Waals surface area contributed by atoms with Crippen molar-refractivity contribution in [1.29, 1.82) is 0 Å². The summed E-state index contributed by atoms with van der Waals surface area (Å²) in [5.74, 6) is 3.14. The number of carbonyl (C=O) groups excluding carboxylic acids is 2. The molecule has 44 heavy (non-hydrogen) atoms. The van der Waals surface area contributed by atoms with E-state index in [4.69, 9.17) is 18.9 Å². The normalized spacial score (nSPS) is 17.6. The Morgan fingerprint density at radius 1 is 0.795 bits per heavy atom. The smallest absolute Gasteiger partial charge is 0.311 e. The van der Waals surface area contributed by atoms with Crippen LogP contribution in [-0.2, 0) is 25.5 Å². The Bertz CT molecular complexity index is 1030. The zero-order valence-corrected chi connectivity index (χ0v) is 29.7. The number of benzene rings is 1. The van der Waals surface area contributed by atoms with Gasteiger partial charge in [0.25, 0.3) is 0 Å². The highest BCUT2D eigenvalue weighted by atomic mass is 16.6. The van der Waals surface area contributed by atoms with Gasteiger partial charge in [0.15, 0.2) is 0 Å². The number of rotatable bonds is 21. The van der Waals surface area contributed by atoms with Crippen molar-refractivity contribution in [3.05, 3.63) is 22.3 Å². The lowest BCUT2D eigenvalue weighted by Crippen LogP contribution is -2.37. The molecule has 0 aromatic heterocycles. The second-order valence-corrected chi connectivity index (χ2v) is 14.2. The lowest BCUT2D eigenvalue weighted by Gasteiger charge is -2.38. The van der Waals surface area contributed by atoms with Crippen LogP contribution in [0, 0.1) is 38.5 Å². The summed E-state index contributed by atoms with van der Waals surface area (Å²) in [6.45, 7) is 21.0. The summed E-state index contributed by atoms with van der Waals surface area (Å²) in [6, 6.07) is 0. The van der Waals surface area contributed by atoms with Crippen LogP contribution in [0.4, 0.5) is 0 Å². The molecule has 0 saturated heterocycles. The van der Waals surface area contributed by atoms with E-state index in [0.29, 0.717) is 19.0 Å². The van der Waals surface area contributed by atoms with Crippen molar-refractivity contribution in [3.8, 4) is 11.5 Å². The average Bonchev–Trinajstić information content (AvgIpc) is 2.96. The number of carbonyl (C=O) groups is 2. The molecule has 0 bridgehead atoms. The van der Waals surface area contributed by atoms with Crippen molar-refractivity contribution in [2.75, 3.05) is 19.8 Å². The molecule has 1 aromatic rings. The first-order valence-corrected chi connectivity index (χ1v) is 17.6. The second kappa shape index (κ2) is 19.4. The van der Waals surface area contributed by atoms with Crippen molar-refractivity contribution in [1.82, 2.24) is 0 Å². The standard InChI is InChI=1S/C38H64O6/c1-10-24-41-25-26-42-34(39)19-20-35(40)43-36-30(6)31(7)37-33(32(36)8)21-23-38(9,44-37)22-13-18-29(5)17-12-16-28(4)15-11-14-27(2)3/h27-29H,10-26H2,1-9H3. The van der Waals surface area contributed by atoms with Crippen LogP contribution in [-0.4, -0.2) is 37.4 Å². The molecule has 2 rings (SSSR count). The third-order valence-electron chi connectivity index (χ3n) is 9.43. The molecule has 1 heterocycles. The zero-order valence-electron chi connectivity index (χ0n) is 29.7. The van der Waals surface area contributed by atoms with Crippen LogP contribution < -0.4 is 9.47 Å². The van der Waals surface area contributed by atoms with Crippen molar-refractivity contribution in [2.24, 2.45) is 17.8 Å². The van der Waals surface area contributed by atoms with Gasteiger partial charge >= 0.3 is 11.9 Å². The van der Waals surface area contributed by atoms with Crippen molar-refractivity contribution in [3.63, 3.8) is 0 Å². The van der Waals surface area contributed by atoms with E-state index in [1.54, 1.807) is 0 Å². The van der Waals surface area contributed by atoms with Crippen molar-refractivity contribution < 1.29 is 28.5 Å². The van der Waals surface area contributed by atoms with E-state index in [0.717, 1.165) is 71.4 Å². The topological polar surface area (TPSA) is 71.1 Å². The van der Waals surface area contributed by atoms with Gasteiger partial charge in [-0.05, 0) is 94.2 Å². The average molecular weight is 617 g/mol. The molecule has 1 aliphatic heterocycles. The minimum atomic E-state index is -0.425. The van der Waals surface area contributed by atoms with E-state index < -0.39 is 11.9 Å². The Morgan fingerprint density at radius 3 is 2.05 bits per heavy atom. The minimum absolute atomic E-state index is 0.00766. The highest BCUT2D eigenvalue weighted by molar-refractivity contribution is 5.80. The summed E-state index contributed by atoms with van der Waals surface area (Å²) in [7, 11) is 0. The van der Waals surface area contributed by atoms with Gasteiger partial charge in [-0.25, -0.2) is 0 Å². The third-order valence-corrected chi connectivity index (χ3v) is 9.43. The highest BCUT2D eigenvalue weighted by Gasteiger charge is 2.35. The maximum absolute atomic E-state index is 12.7. The Morgan fingerprint density at radius 2 is 1.41 bits per heavy atom. The van der Waals surface area contributed by atoms with Crippen molar-refractivity contribution in [2.45, 2.75) is 158 Å². The summed E-state index contributed by atoms with van der Waals surface area (Å²) in [6.07, 6.45) is 14.4. The summed E-state index contributed by atoms with van der Waals surface area (Å²) < 4.78 is 23.0. The monoisotopic (exact) mass is 616 g/mol. The third kappa shape index (κ3) is 13.1. The first kappa shape index (κ1) is 38.1. The first-order chi connectivity index (χ1) is 20.9. The first-order valence-electron chi connectivity index (χ1n) is 17.6. The van der Waals surface area contributed by atoms with Crippen LogP contribution in [0.2, 0.25) is 0 Å². The molecule has 0 aliphatic carbocycles. The molecule has 0 radical (unpaired) electrons. The molecule has 1 aromatic carbocycles. The fourth-order valence-corrected chi connectivity index (χ4v) is 6.32. The summed E-state index contributed by atoms with van der Waals surface area (Å²) in [4.78, 5) is 24.7. The molecule has 3 atom stereocenters. The van der Waals surface area contributed by atoms with E-state index in [1.807, 2.05) is 20.8 Å². The van der Waals surface area contributed by atoms with Gasteiger partial charge in [0, 0.05) is 12.2 Å². The fourth-order valence-electron chi connectivity index (χ4n) is 6.32. The number of hydrogen-bond acceptors (Lipinski definition) is 6. The van der Waals surface area contributed by atoms with E-state index in [-0.39, 0.29) is 25.0 Å². The van der Waals surface area contributed by atoms with Gasteiger partial charge in [-0.1, -0.05) is 79.6 Å². The van der Waals surface area contributed by atoms with Crippen LogP contribution >= 0.6 is 0 Å². The molecule has 252 valence electrons. The fraction of sp³-hybridized carbons (Fsp3) is 0.789. The second-order valence-electron chi connectivity index (χ2n) is 14.2. The predicted molar refractivity (Wildman–Crippen MR) is 180 cm³/mol. The van der Waals surface area contributed by atoms with Crippen LogP contribution in [0.25, 0.3) is 0 Å². The summed E-state index contributed by atoms with van der Waals surface area (Å²) in [5.41, 5.74) is 3.86. The van der Waals surface area contributed by atoms with Crippen LogP contribution in [0.5, 0.6) is 11.5 Å². The summed E-state index contributed by atoms with van der Waals surface area (Å²) >= 11 is 0. The lowest BCUT2D eigenvalue weighted by molar-refractivity contribution is -0.148. The van der Waals surface area contributed by atoms with Gasteiger partial charge in [0.05, 0.1) is 19.4 Å². The van der Waals surface area contributed by atoms with Crippen LogP contribution in [0.1, 0.15) is 147 Å². The van der Waals surface area contributed by atoms with Gasteiger partial charge in [-0.3, -0.25) is 9.59 Å². The molecule has 0 saturated carbocycles. The van der Waals surface area contributed by atoms with E-state index in [1.165, 1.54) is 51.4 Å². The largest absolute Gasteiger partial charge is 0.487 e. The van der Waals surface area contributed by atoms with E-state index in [2.05, 4.69) is 41.5 Å². The molecule has 6 heteroatoms. The molecule has 0 N–H and O–H groups in total. The van der Waals surface area contributed by atoms with Crippen LogP contribution in [0.3, 0.4) is 0 Å². The maximum Gasteiger partial charge on any atom is 0.311 e. The van der Waals surface area contributed by atoms with Gasteiger partial charge in [-0.15, -0.1) is 0 Å².